The van der Waals surface area contributed by atoms with E-state index >= 15 is 0 Å². The Morgan fingerprint density at radius 2 is 2.13 bits per heavy atom. The van der Waals surface area contributed by atoms with E-state index in [4.69, 9.17) is 16.3 Å². The molecule has 2 nitrogen and oxygen atoms in total. The zero-order chi connectivity index (χ0) is 10.8. The number of fused-ring (bicyclic) bond motifs is 1. The minimum absolute atomic E-state index is 0.368. The molecule has 3 rings (SSSR count). The Kier molecular flexibility index (Phi) is 3.17. The largest absolute Gasteiger partial charge is 0.493 e. The number of ether oxygens (including phenoxy) is 1. The van der Waals surface area contributed by atoms with Crippen LogP contribution in [0.4, 0.5) is 0 Å². The highest BCUT2D eigenvalue weighted by Gasteiger charge is 2.38. The molecule has 0 amide bonds. The van der Waals surface area contributed by atoms with Crippen LogP contribution in [0.3, 0.4) is 0 Å². The zero-order valence-corrected chi connectivity index (χ0v) is 9.63. The first-order chi connectivity index (χ1) is 7.36. The van der Waals surface area contributed by atoms with E-state index in [0.29, 0.717) is 11.3 Å². The number of hydrogen-bond acceptors (Lipinski definition) is 2. The van der Waals surface area contributed by atoms with E-state index < -0.39 is 0 Å². The molecule has 1 aliphatic heterocycles. The molecule has 15 heavy (non-hydrogen) atoms. The quantitative estimate of drug-likeness (QED) is 0.745. The fraction of sp³-hybridized carbons (Fsp3) is 0.500. The zero-order valence-electron chi connectivity index (χ0n) is 8.87. The summed E-state index contributed by atoms with van der Waals surface area (Å²) in [5.41, 5.74) is 7.32. The van der Waals surface area contributed by atoms with Crippen LogP contribution in [0.2, 0.25) is 0 Å². The molecule has 1 heterocycles. The number of hydrogen-bond donors (Lipinski definition) is 1. The van der Waals surface area contributed by atoms with E-state index in [0.717, 1.165) is 25.2 Å². The summed E-state index contributed by atoms with van der Waals surface area (Å²) in [7, 11) is 1.50. The van der Waals surface area contributed by atoms with Crippen molar-refractivity contribution in [3.8, 4) is 5.75 Å². The van der Waals surface area contributed by atoms with Gasteiger partial charge in [0.1, 0.15) is 5.75 Å². The van der Waals surface area contributed by atoms with Gasteiger partial charge in [0.15, 0.2) is 0 Å². The number of halogens is 1. The number of benzene rings is 1. The van der Waals surface area contributed by atoms with Gasteiger partial charge in [-0.15, -0.1) is 11.6 Å². The number of alkyl halides is 1. The smallest absolute Gasteiger partial charge is 0.122 e. The fourth-order valence-electron chi connectivity index (χ4n) is 2.08. The molecule has 0 spiro atoms. The van der Waals surface area contributed by atoms with Crippen LogP contribution < -0.4 is 10.5 Å². The van der Waals surface area contributed by atoms with Crippen molar-refractivity contribution in [1.82, 2.24) is 0 Å². The monoisotopic (exact) mass is 225 g/mol. The van der Waals surface area contributed by atoms with Crippen molar-refractivity contribution in [1.29, 1.82) is 0 Å². The highest BCUT2D eigenvalue weighted by atomic mass is 35.5. The highest BCUT2D eigenvalue weighted by molar-refractivity contribution is 6.23. The van der Waals surface area contributed by atoms with Gasteiger partial charge in [0.05, 0.1) is 6.61 Å². The molecular formula is C12H16ClNO. The third-order valence-electron chi connectivity index (χ3n) is 2.89. The standard InChI is InChI=1S/C11H11ClO.CH5N/c12-10-6-9(10)7-2-1-3-11-8(7)4-5-13-11;1-2/h1-3,9-10H,4-6H2;2H2,1H3/t9-,10-;/m1./s1. The SMILES string of the molecule is CN.Cl[C@@H]1C[C@@H]1c1cccc2c1CCO2. The van der Waals surface area contributed by atoms with Crippen LogP contribution in [0.1, 0.15) is 23.5 Å². The van der Waals surface area contributed by atoms with Gasteiger partial charge in [0.2, 0.25) is 0 Å². The second-order valence-corrected chi connectivity index (χ2v) is 4.34. The van der Waals surface area contributed by atoms with Gasteiger partial charge in [0, 0.05) is 23.3 Å². The first-order valence-corrected chi connectivity index (χ1v) is 5.76. The van der Waals surface area contributed by atoms with Crippen molar-refractivity contribution in [2.45, 2.75) is 24.1 Å². The molecule has 2 aliphatic rings. The van der Waals surface area contributed by atoms with Crippen LogP contribution in [0.15, 0.2) is 18.2 Å². The van der Waals surface area contributed by atoms with Crippen molar-refractivity contribution in [2.24, 2.45) is 5.73 Å². The molecule has 1 saturated carbocycles. The maximum Gasteiger partial charge on any atom is 0.122 e. The summed E-state index contributed by atoms with van der Waals surface area (Å²) >= 11 is 6.05. The van der Waals surface area contributed by atoms with Crippen LogP contribution in [0.25, 0.3) is 0 Å². The summed E-state index contributed by atoms with van der Waals surface area (Å²) in [6, 6.07) is 6.32. The van der Waals surface area contributed by atoms with E-state index in [2.05, 4.69) is 23.9 Å². The lowest BCUT2D eigenvalue weighted by atomic mass is 10.0. The molecule has 1 aromatic rings. The molecule has 1 fully saturated rings. The van der Waals surface area contributed by atoms with Crippen LogP contribution in [-0.2, 0) is 6.42 Å². The predicted octanol–water partition coefficient (Wildman–Crippen LogP) is 2.29. The van der Waals surface area contributed by atoms with Crippen molar-refractivity contribution in [3.05, 3.63) is 29.3 Å². The molecule has 1 aliphatic carbocycles. The Hall–Kier alpha value is -0.730. The first kappa shape index (κ1) is 10.8. The molecule has 3 heteroatoms. The summed E-state index contributed by atoms with van der Waals surface area (Å²) in [5.74, 6) is 1.67. The van der Waals surface area contributed by atoms with Gasteiger partial charge in [-0.2, -0.15) is 0 Å². The molecule has 82 valence electrons. The lowest BCUT2D eigenvalue weighted by molar-refractivity contribution is 0.357. The second-order valence-electron chi connectivity index (χ2n) is 3.78. The Morgan fingerprint density at radius 1 is 1.40 bits per heavy atom. The molecule has 0 bridgehead atoms. The van der Waals surface area contributed by atoms with E-state index in [-0.39, 0.29) is 0 Å². The Bertz CT molecular complexity index is 353. The lowest BCUT2D eigenvalue weighted by Gasteiger charge is -2.04. The second kappa shape index (κ2) is 4.42. The van der Waals surface area contributed by atoms with Crippen molar-refractivity contribution >= 4 is 11.6 Å². The third-order valence-corrected chi connectivity index (χ3v) is 3.37. The highest BCUT2D eigenvalue weighted by Crippen LogP contribution is 2.48. The van der Waals surface area contributed by atoms with Crippen LogP contribution in [-0.4, -0.2) is 19.0 Å². The molecule has 0 radical (unpaired) electrons. The van der Waals surface area contributed by atoms with Gasteiger partial charge in [-0.3, -0.25) is 0 Å². The maximum absolute atomic E-state index is 6.05. The Labute approximate surface area is 95.4 Å². The topological polar surface area (TPSA) is 35.2 Å². The average Bonchev–Trinajstić information content (AvgIpc) is 2.83. The molecule has 0 aromatic heterocycles. The first-order valence-electron chi connectivity index (χ1n) is 5.32. The van der Waals surface area contributed by atoms with Gasteiger partial charge in [-0.25, -0.2) is 0 Å². The summed E-state index contributed by atoms with van der Waals surface area (Å²) in [4.78, 5) is 0. The van der Waals surface area contributed by atoms with Gasteiger partial charge in [-0.05, 0) is 25.1 Å². The lowest BCUT2D eigenvalue weighted by Crippen LogP contribution is -1.89. The molecule has 1 aromatic carbocycles. The Morgan fingerprint density at radius 3 is 2.80 bits per heavy atom. The van der Waals surface area contributed by atoms with Crippen molar-refractivity contribution in [2.75, 3.05) is 13.7 Å². The molecule has 0 unspecified atom stereocenters. The summed E-state index contributed by atoms with van der Waals surface area (Å²) < 4.78 is 5.51. The molecule has 2 N–H and O–H groups in total. The van der Waals surface area contributed by atoms with Crippen molar-refractivity contribution < 1.29 is 4.74 Å². The minimum Gasteiger partial charge on any atom is -0.493 e. The van der Waals surface area contributed by atoms with E-state index in [1.165, 1.54) is 18.2 Å². The van der Waals surface area contributed by atoms with E-state index in [1.807, 2.05) is 0 Å². The van der Waals surface area contributed by atoms with Crippen molar-refractivity contribution in [3.63, 3.8) is 0 Å². The van der Waals surface area contributed by atoms with Crippen LogP contribution in [0, 0.1) is 0 Å². The maximum atomic E-state index is 6.05. The molecule has 2 atom stereocenters. The predicted molar refractivity (Wildman–Crippen MR) is 62.8 cm³/mol. The molecule has 0 saturated heterocycles. The van der Waals surface area contributed by atoms with Crippen LogP contribution >= 0.6 is 11.6 Å². The van der Waals surface area contributed by atoms with Crippen LogP contribution in [0.5, 0.6) is 5.75 Å². The third kappa shape index (κ3) is 1.97. The minimum atomic E-state index is 0.368. The normalized spacial score (nSPS) is 26.1. The van der Waals surface area contributed by atoms with Gasteiger partial charge in [0.25, 0.3) is 0 Å². The summed E-state index contributed by atoms with van der Waals surface area (Å²) in [6.45, 7) is 0.839. The fourth-order valence-corrected chi connectivity index (χ4v) is 2.41. The van der Waals surface area contributed by atoms with E-state index in [9.17, 15) is 0 Å². The molecular weight excluding hydrogens is 210 g/mol. The van der Waals surface area contributed by atoms with E-state index in [1.54, 1.807) is 0 Å². The number of rotatable bonds is 1. The number of nitrogens with two attached hydrogens (primary N) is 1. The van der Waals surface area contributed by atoms with Gasteiger partial charge >= 0.3 is 0 Å². The van der Waals surface area contributed by atoms with Gasteiger partial charge < -0.3 is 10.5 Å². The summed E-state index contributed by atoms with van der Waals surface area (Å²) in [5, 5.41) is 0.368. The Balaban J connectivity index is 0.000000404. The van der Waals surface area contributed by atoms with Gasteiger partial charge in [-0.1, -0.05) is 12.1 Å². The average molecular weight is 226 g/mol. The summed E-state index contributed by atoms with van der Waals surface area (Å²) in [6.07, 6.45) is 2.20.